The summed E-state index contributed by atoms with van der Waals surface area (Å²) in [5.41, 5.74) is 3.49. The fourth-order valence-corrected chi connectivity index (χ4v) is 3.53. The molecular formula is C19H24N4O. The molecule has 0 saturated carbocycles. The Morgan fingerprint density at radius 2 is 1.75 bits per heavy atom. The number of benzene rings is 1. The molecule has 0 N–H and O–H groups in total. The first kappa shape index (κ1) is 15.5. The highest BCUT2D eigenvalue weighted by Crippen LogP contribution is 2.29. The van der Waals surface area contributed by atoms with E-state index >= 15 is 0 Å². The maximum atomic E-state index is 5.44. The van der Waals surface area contributed by atoms with Gasteiger partial charge in [0.2, 0.25) is 0 Å². The number of hydrogen-bond acceptors (Lipinski definition) is 5. The zero-order valence-corrected chi connectivity index (χ0v) is 14.0. The van der Waals surface area contributed by atoms with Gasteiger partial charge < -0.3 is 9.64 Å². The lowest BCUT2D eigenvalue weighted by atomic mass is 10.1. The average molecular weight is 324 g/mol. The van der Waals surface area contributed by atoms with E-state index in [4.69, 9.17) is 4.74 Å². The van der Waals surface area contributed by atoms with E-state index in [0.717, 1.165) is 63.0 Å². The van der Waals surface area contributed by atoms with Crippen LogP contribution in [0.3, 0.4) is 0 Å². The quantitative estimate of drug-likeness (QED) is 0.865. The molecule has 0 amide bonds. The summed E-state index contributed by atoms with van der Waals surface area (Å²) in [6.45, 7) is 6.82. The number of anilines is 1. The van der Waals surface area contributed by atoms with Crippen LogP contribution in [0.1, 0.15) is 18.4 Å². The van der Waals surface area contributed by atoms with E-state index < -0.39 is 0 Å². The Balaban J connectivity index is 1.59. The standard InChI is InChI=1S/C19H24N4O/c1-2-9-23(8-1)19-18(20-6-7-21-19)17-5-3-4-16(14-17)15-22-10-12-24-13-11-22/h3-7,14H,1-2,8-13,15H2. The molecule has 0 atom stereocenters. The molecular weight excluding hydrogens is 300 g/mol. The average Bonchev–Trinajstić information content (AvgIpc) is 3.17. The molecule has 0 unspecified atom stereocenters. The van der Waals surface area contributed by atoms with Crippen LogP contribution in [-0.4, -0.2) is 54.3 Å². The van der Waals surface area contributed by atoms with Crippen molar-refractivity contribution in [3.05, 3.63) is 42.2 Å². The normalized spacial score (nSPS) is 18.9. The number of ether oxygens (including phenoxy) is 1. The summed E-state index contributed by atoms with van der Waals surface area (Å²) >= 11 is 0. The van der Waals surface area contributed by atoms with Crippen LogP contribution < -0.4 is 4.90 Å². The second-order valence-corrected chi connectivity index (χ2v) is 6.51. The highest BCUT2D eigenvalue weighted by Gasteiger charge is 2.19. The monoisotopic (exact) mass is 324 g/mol. The molecule has 4 rings (SSSR count). The summed E-state index contributed by atoms with van der Waals surface area (Å²) in [4.78, 5) is 14.1. The molecule has 5 nitrogen and oxygen atoms in total. The highest BCUT2D eigenvalue weighted by atomic mass is 16.5. The van der Waals surface area contributed by atoms with Crippen molar-refractivity contribution in [2.45, 2.75) is 19.4 Å². The lowest BCUT2D eigenvalue weighted by molar-refractivity contribution is 0.0342. The molecule has 2 aliphatic rings. The number of rotatable bonds is 4. The van der Waals surface area contributed by atoms with Gasteiger partial charge in [-0.3, -0.25) is 9.88 Å². The molecule has 3 heterocycles. The van der Waals surface area contributed by atoms with E-state index in [1.165, 1.54) is 18.4 Å². The van der Waals surface area contributed by atoms with Gasteiger partial charge in [0.15, 0.2) is 5.82 Å². The zero-order chi connectivity index (χ0) is 16.2. The highest BCUT2D eigenvalue weighted by molar-refractivity contribution is 5.72. The van der Waals surface area contributed by atoms with Crippen molar-refractivity contribution < 1.29 is 4.74 Å². The van der Waals surface area contributed by atoms with Gasteiger partial charge in [-0.1, -0.05) is 18.2 Å². The van der Waals surface area contributed by atoms with Crippen molar-refractivity contribution in [2.24, 2.45) is 0 Å². The van der Waals surface area contributed by atoms with E-state index in [0.29, 0.717) is 0 Å². The molecule has 1 aromatic carbocycles. The summed E-state index contributed by atoms with van der Waals surface area (Å²) in [6, 6.07) is 8.74. The summed E-state index contributed by atoms with van der Waals surface area (Å²) in [6.07, 6.45) is 6.08. The van der Waals surface area contributed by atoms with Gasteiger partial charge in [-0.15, -0.1) is 0 Å². The van der Waals surface area contributed by atoms with Crippen LogP contribution in [0.5, 0.6) is 0 Å². The lowest BCUT2D eigenvalue weighted by Crippen LogP contribution is -2.35. The van der Waals surface area contributed by atoms with Crippen LogP contribution in [0.25, 0.3) is 11.3 Å². The van der Waals surface area contributed by atoms with Crippen LogP contribution in [0.4, 0.5) is 5.82 Å². The maximum absolute atomic E-state index is 5.44. The number of aromatic nitrogens is 2. The van der Waals surface area contributed by atoms with Gasteiger partial charge >= 0.3 is 0 Å². The van der Waals surface area contributed by atoms with Crippen LogP contribution in [0.15, 0.2) is 36.7 Å². The molecule has 5 heteroatoms. The zero-order valence-electron chi connectivity index (χ0n) is 14.0. The number of hydrogen-bond donors (Lipinski definition) is 0. The van der Waals surface area contributed by atoms with Crippen molar-refractivity contribution in [2.75, 3.05) is 44.3 Å². The van der Waals surface area contributed by atoms with Gasteiger partial charge in [0, 0.05) is 50.7 Å². The fraction of sp³-hybridized carbons (Fsp3) is 0.474. The Bertz CT molecular complexity index is 679. The van der Waals surface area contributed by atoms with Crippen LogP contribution in [-0.2, 0) is 11.3 Å². The van der Waals surface area contributed by atoms with Gasteiger partial charge in [-0.25, -0.2) is 4.98 Å². The molecule has 126 valence electrons. The first-order valence-corrected chi connectivity index (χ1v) is 8.85. The molecule has 0 aliphatic carbocycles. The van der Waals surface area contributed by atoms with Crippen LogP contribution in [0.2, 0.25) is 0 Å². The molecule has 24 heavy (non-hydrogen) atoms. The van der Waals surface area contributed by atoms with Gasteiger partial charge in [0.25, 0.3) is 0 Å². The smallest absolute Gasteiger partial charge is 0.155 e. The molecule has 0 spiro atoms. The Hall–Kier alpha value is -1.98. The van der Waals surface area contributed by atoms with E-state index in [1.807, 2.05) is 0 Å². The van der Waals surface area contributed by atoms with Crippen molar-refractivity contribution in [1.29, 1.82) is 0 Å². The van der Waals surface area contributed by atoms with Gasteiger partial charge in [0.05, 0.1) is 13.2 Å². The van der Waals surface area contributed by atoms with E-state index in [-0.39, 0.29) is 0 Å². The Kier molecular flexibility index (Phi) is 4.71. The summed E-state index contributed by atoms with van der Waals surface area (Å²) in [5.74, 6) is 1.03. The predicted molar refractivity (Wildman–Crippen MR) is 95.0 cm³/mol. The van der Waals surface area contributed by atoms with E-state index in [1.54, 1.807) is 12.4 Å². The molecule has 1 aromatic heterocycles. The Morgan fingerprint density at radius 1 is 0.958 bits per heavy atom. The second kappa shape index (κ2) is 7.28. The predicted octanol–water partition coefficient (Wildman–Crippen LogP) is 2.58. The van der Waals surface area contributed by atoms with Crippen molar-refractivity contribution in [3.63, 3.8) is 0 Å². The van der Waals surface area contributed by atoms with E-state index in [2.05, 4.69) is 44.0 Å². The Morgan fingerprint density at radius 3 is 2.58 bits per heavy atom. The van der Waals surface area contributed by atoms with Gasteiger partial charge in [-0.2, -0.15) is 0 Å². The fourth-order valence-electron chi connectivity index (χ4n) is 3.53. The SMILES string of the molecule is c1cc(CN2CCOCC2)cc(-c2nccnc2N2CCCC2)c1. The van der Waals surface area contributed by atoms with Crippen LogP contribution >= 0.6 is 0 Å². The summed E-state index contributed by atoms with van der Waals surface area (Å²) < 4.78 is 5.44. The first-order valence-electron chi connectivity index (χ1n) is 8.85. The number of nitrogens with zero attached hydrogens (tertiary/aromatic N) is 4. The lowest BCUT2D eigenvalue weighted by Gasteiger charge is -2.26. The minimum Gasteiger partial charge on any atom is -0.379 e. The summed E-state index contributed by atoms with van der Waals surface area (Å²) in [5, 5.41) is 0. The van der Waals surface area contributed by atoms with Crippen molar-refractivity contribution in [3.8, 4) is 11.3 Å². The molecule has 2 fully saturated rings. The third-order valence-electron chi connectivity index (χ3n) is 4.79. The topological polar surface area (TPSA) is 41.5 Å². The van der Waals surface area contributed by atoms with Crippen molar-refractivity contribution in [1.82, 2.24) is 14.9 Å². The molecule has 0 radical (unpaired) electrons. The number of morpholine rings is 1. The van der Waals surface area contributed by atoms with Crippen LogP contribution in [0, 0.1) is 0 Å². The minimum absolute atomic E-state index is 0.836. The van der Waals surface area contributed by atoms with Gasteiger partial charge in [0.1, 0.15) is 5.69 Å². The Labute approximate surface area is 143 Å². The van der Waals surface area contributed by atoms with E-state index in [9.17, 15) is 0 Å². The first-order chi connectivity index (χ1) is 11.9. The molecule has 2 aromatic rings. The van der Waals surface area contributed by atoms with Gasteiger partial charge in [-0.05, 0) is 24.5 Å². The maximum Gasteiger partial charge on any atom is 0.155 e. The third kappa shape index (κ3) is 3.42. The third-order valence-corrected chi connectivity index (χ3v) is 4.79. The largest absolute Gasteiger partial charge is 0.379 e. The van der Waals surface area contributed by atoms with Crippen molar-refractivity contribution >= 4 is 5.82 Å². The molecule has 0 bridgehead atoms. The molecule has 2 saturated heterocycles. The second-order valence-electron chi connectivity index (χ2n) is 6.51. The molecule has 2 aliphatic heterocycles. The minimum atomic E-state index is 0.836. The summed E-state index contributed by atoms with van der Waals surface area (Å²) in [7, 11) is 0.